The Balaban J connectivity index is 2.14. The summed E-state index contributed by atoms with van der Waals surface area (Å²) in [4.78, 5) is 11.3. The van der Waals surface area contributed by atoms with Gasteiger partial charge in [-0.1, -0.05) is 12.1 Å². The number of rotatable bonds is 4. The van der Waals surface area contributed by atoms with Crippen LogP contribution in [0.3, 0.4) is 0 Å². The molecule has 1 aromatic rings. The first kappa shape index (κ1) is 11.9. The lowest BCUT2D eigenvalue weighted by Crippen LogP contribution is -2.31. The fourth-order valence-electron chi connectivity index (χ4n) is 1.88. The van der Waals surface area contributed by atoms with Crippen molar-refractivity contribution >= 4 is 11.6 Å². The van der Waals surface area contributed by atoms with Crippen molar-refractivity contribution in [3.8, 4) is 0 Å². The van der Waals surface area contributed by atoms with E-state index in [-0.39, 0.29) is 19.1 Å². The first-order valence-electron chi connectivity index (χ1n) is 5.61. The van der Waals surface area contributed by atoms with E-state index >= 15 is 0 Å². The molecule has 0 aliphatic carbocycles. The number of carbonyl (C=O) groups excluding carboxylic acids is 1. The molecule has 0 aromatic heterocycles. The molecule has 0 saturated carbocycles. The van der Waals surface area contributed by atoms with Crippen molar-refractivity contribution in [3.63, 3.8) is 0 Å². The molecule has 1 aromatic carbocycles. The summed E-state index contributed by atoms with van der Waals surface area (Å²) in [5, 5.41) is 23.9. The van der Waals surface area contributed by atoms with Crippen LogP contribution in [-0.4, -0.2) is 35.4 Å². The first-order chi connectivity index (χ1) is 8.20. The summed E-state index contributed by atoms with van der Waals surface area (Å²) in [6.45, 7) is 0.545. The highest BCUT2D eigenvalue weighted by Gasteiger charge is 2.17. The lowest BCUT2D eigenvalue weighted by atomic mass is 9.98. The quantitative estimate of drug-likeness (QED) is 0.574. The van der Waals surface area contributed by atoms with Gasteiger partial charge in [0.15, 0.2) is 0 Å². The van der Waals surface area contributed by atoms with Crippen molar-refractivity contribution in [3.05, 3.63) is 29.3 Å². The van der Waals surface area contributed by atoms with Crippen LogP contribution < -0.4 is 10.6 Å². The van der Waals surface area contributed by atoms with Crippen molar-refractivity contribution in [2.24, 2.45) is 0 Å². The largest absolute Gasteiger partial charge is 0.394 e. The first-order valence-corrected chi connectivity index (χ1v) is 5.61. The van der Waals surface area contributed by atoms with Gasteiger partial charge in [0.2, 0.25) is 5.91 Å². The van der Waals surface area contributed by atoms with Crippen LogP contribution in [0.25, 0.3) is 0 Å². The van der Waals surface area contributed by atoms with E-state index < -0.39 is 6.10 Å². The van der Waals surface area contributed by atoms with Gasteiger partial charge < -0.3 is 20.8 Å². The fourth-order valence-corrected chi connectivity index (χ4v) is 1.88. The summed E-state index contributed by atoms with van der Waals surface area (Å²) in [5.41, 5.74) is 2.92. The van der Waals surface area contributed by atoms with Gasteiger partial charge in [0.05, 0.1) is 19.1 Å². The molecule has 0 radical (unpaired) electrons. The maximum absolute atomic E-state index is 11.3. The van der Waals surface area contributed by atoms with Crippen LogP contribution >= 0.6 is 0 Å². The number of carbonyl (C=O) groups is 1. The second kappa shape index (κ2) is 5.16. The second-order valence-electron chi connectivity index (χ2n) is 4.11. The fraction of sp³-hybridized carbons (Fsp3) is 0.417. The lowest BCUT2D eigenvalue weighted by molar-refractivity contribution is -0.121. The minimum Gasteiger partial charge on any atom is -0.394 e. The maximum Gasteiger partial charge on any atom is 0.224 e. The second-order valence-corrected chi connectivity index (χ2v) is 4.11. The van der Waals surface area contributed by atoms with Crippen LogP contribution in [0.15, 0.2) is 18.2 Å². The normalized spacial score (nSPS) is 16.0. The minimum absolute atomic E-state index is 0.00876. The third-order valence-electron chi connectivity index (χ3n) is 2.83. The van der Waals surface area contributed by atoms with Crippen LogP contribution in [0.1, 0.15) is 11.1 Å². The minimum atomic E-state index is -0.789. The Hall–Kier alpha value is -1.59. The van der Waals surface area contributed by atoms with Crippen LogP contribution in [0.5, 0.6) is 0 Å². The molecule has 0 bridgehead atoms. The van der Waals surface area contributed by atoms with Gasteiger partial charge in [-0.25, -0.2) is 0 Å². The van der Waals surface area contributed by atoms with E-state index in [1.807, 2.05) is 18.2 Å². The van der Waals surface area contributed by atoms with Crippen molar-refractivity contribution in [1.82, 2.24) is 5.32 Å². The summed E-state index contributed by atoms with van der Waals surface area (Å²) >= 11 is 0. The molecule has 0 saturated heterocycles. The van der Waals surface area contributed by atoms with Gasteiger partial charge >= 0.3 is 0 Å². The van der Waals surface area contributed by atoms with Crippen LogP contribution in [-0.2, 0) is 17.8 Å². The van der Waals surface area contributed by atoms with Crippen molar-refractivity contribution in [2.75, 3.05) is 18.5 Å². The number of aliphatic hydroxyl groups excluding tert-OH is 2. The predicted octanol–water partition coefficient (Wildman–Crippen LogP) is -0.376. The number of amides is 1. The van der Waals surface area contributed by atoms with Gasteiger partial charge in [-0.2, -0.15) is 0 Å². The van der Waals surface area contributed by atoms with Crippen molar-refractivity contribution in [1.29, 1.82) is 0 Å². The Kier molecular flexibility index (Phi) is 3.61. The Morgan fingerprint density at radius 3 is 3.06 bits per heavy atom. The van der Waals surface area contributed by atoms with E-state index in [2.05, 4.69) is 10.6 Å². The molecule has 5 nitrogen and oxygen atoms in total. The molecule has 2 rings (SSSR count). The Morgan fingerprint density at radius 1 is 1.47 bits per heavy atom. The van der Waals surface area contributed by atoms with Gasteiger partial charge in [0.25, 0.3) is 0 Å². The summed E-state index contributed by atoms with van der Waals surface area (Å²) in [6, 6.07) is 5.76. The highest BCUT2D eigenvalue weighted by molar-refractivity contribution is 5.83. The van der Waals surface area contributed by atoms with Crippen LogP contribution in [0.4, 0.5) is 5.69 Å². The average Bonchev–Trinajstić information content (AvgIpc) is 2.35. The molecule has 1 atom stereocenters. The maximum atomic E-state index is 11.3. The summed E-state index contributed by atoms with van der Waals surface area (Å²) in [5.74, 6) is 0.00876. The van der Waals surface area contributed by atoms with E-state index in [1.165, 1.54) is 0 Å². The Bertz CT molecular complexity index is 420. The molecule has 1 aliphatic heterocycles. The highest BCUT2D eigenvalue weighted by atomic mass is 16.3. The van der Waals surface area contributed by atoms with E-state index in [9.17, 15) is 9.90 Å². The standard InChI is InChI=1S/C12H16N2O3/c15-7-9(16)6-13-11-3-1-2-8-5-14-12(17)4-10(8)11/h1-3,9,13,15-16H,4-7H2,(H,14,17). The zero-order chi connectivity index (χ0) is 12.3. The SMILES string of the molecule is O=C1Cc2c(cccc2NCC(O)CO)CN1. The molecule has 4 N–H and O–H groups in total. The van der Waals surface area contributed by atoms with Crippen LogP contribution in [0.2, 0.25) is 0 Å². The molecule has 0 fully saturated rings. The third kappa shape index (κ3) is 2.75. The van der Waals surface area contributed by atoms with E-state index in [0.29, 0.717) is 13.0 Å². The number of benzene rings is 1. The molecule has 1 unspecified atom stereocenters. The molecule has 1 aliphatic rings. The molecule has 1 heterocycles. The van der Waals surface area contributed by atoms with Crippen molar-refractivity contribution < 1.29 is 15.0 Å². The van der Waals surface area contributed by atoms with Gasteiger partial charge in [0.1, 0.15) is 0 Å². The smallest absolute Gasteiger partial charge is 0.224 e. The van der Waals surface area contributed by atoms with Crippen LogP contribution in [0, 0.1) is 0 Å². The number of aliphatic hydroxyl groups is 2. The molecule has 1 amide bonds. The summed E-state index contributed by atoms with van der Waals surface area (Å²) < 4.78 is 0. The number of nitrogens with one attached hydrogen (secondary N) is 2. The number of hydrogen-bond acceptors (Lipinski definition) is 4. The van der Waals surface area contributed by atoms with E-state index in [0.717, 1.165) is 16.8 Å². The molecule has 5 heteroatoms. The molecule has 0 spiro atoms. The Labute approximate surface area is 99.5 Å². The summed E-state index contributed by atoms with van der Waals surface area (Å²) in [6.07, 6.45) is -0.434. The summed E-state index contributed by atoms with van der Waals surface area (Å²) in [7, 11) is 0. The monoisotopic (exact) mass is 236 g/mol. The zero-order valence-electron chi connectivity index (χ0n) is 9.44. The van der Waals surface area contributed by atoms with E-state index in [4.69, 9.17) is 5.11 Å². The third-order valence-corrected chi connectivity index (χ3v) is 2.83. The van der Waals surface area contributed by atoms with Crippen molar-refractivity contribution in [2.45, 2.75) is 19.1 Å². The number of fused-ring (bicyclic) bond motifs is 1. The molecular formula is C12H16N2O3. The van der Waals surface area contributed by atoms with E-state index in [1.54, 1.807) is 0 Å². The lowest BCUT2D eigenvalue weighted by Gasteiger charge is -2.21. The topological polar surface area (TPSA) is 81.6 Å². The van der Waals surface area contributed by atoms with Gasteiger partial charge in [-0.05, 0) is 17.2 Å². The molecular weight excluding hydrogens is 220 g/mol. The molecule has 92 valence electrons. The van der Waals surface area contributed by atoms with Gasteiger partial charge in [-0.15, -0.1) is 0 Å². The highest BCUT2D eigenvalue weighted by Crippen LogP contribution is 2.23. The van der Waals surface area contributed by atoms with Gasteiger partial charge in [-0.3, -0.25) is 4.79 Å². The molecule has 17 heavy (non-hydrogen) atoms. The predicted molar refractivity (Wildman–Crippen MR) is 63.6 cm³/mol. The number of anilines is 1. The Morgan fingerprint density at radius 2 is 2.29 bits per heavy atom. The zero-order valence-corrected chi connectivity index (χ0v) is 9.44. The number of hydrogen-bond donors (Lipinski definition) is 4. The van der Waals surface area contributed by atoms with Gasteiger partial charge in [0, 0.05) is 18.8 Å². The average molecular weight is 236 g/mol.